The van der Waals surface area contributed by atoms with Gasteiger partial charge in [0.05, 0.1) is 16.7 Å². The summed E-state index contributed by atoms with van der Waals surface area (Å²) in [6.07, 6.45) is -0.0249. The molecule has 0 atom stereocenters. The van der Waals surface area contributed by atoms with Gasteiger partial charge in [-0.15, -0.1) is 10.2 Å². The highest BCUT2D eigenvalue weighted by Crippen LogP contribution is 2.32. The van der Waals surface area contributed by atoms with Crippen LogP contribution in [0.5, 0.6) is 5.75 Å². The third kappa shape index (κ3) is 4.33. The smallest absolute Gasteiger partial charge is 0.270 e. The van der Waals surface area contributed by atoms with E-state index in [1.165, 1.54) is 17.8 Å². The molecule has 1 heterocycles. The zero-order valence-corrected chi connectivity index (χ0v) is 17.1. The molecule has 2 aromatic carbocycles. The monoisotopic (exact) mass is 398 g/mol. The van der Waals surface area contributed by atoms with Crippen LogP contribution in [0.25, 0.3) is 5.69 Å². The first-order chi connectivity index (χ1) is 13.4. The molecule has 0 saturated heterocycles. The Balaban J connectivity index is 1.92. The normalized spacial score (nSPS) is 11.0. The molecule has 28 heavy (non-hydrogen) atoms. The van der Waals surface area contributed by atoms with Crippen LogP contribution in [-0.2, 0) is 5.75 Å². The largest absolute Gasteiger partial charge is 0.491 e. The second-order valence-electron chi connectivity index (χ2n) is 6.66. The van der Waals surface area contributed by atoms with Crippen molar-refractivity contribution in [2.45, 2.75) is 44.7 Å². The second kappa shape index (κ2) is 8.43. The van der Waals surface area contributed by atoms with Gasteiger partial charge in [-0.05, 0) is 45.4 Å². The van der Waals surface area contributed by atoms with Crippen molar-refractivity contribution in [3.63, 3.8) is 0 Å². The zero-order valence-electron chi connectivity index (χ0n) is 16.2. The quantitative estimate of drug-likeness (QED) is 0.321. The molecule has 0 amide bonds. The van der Waals surface area contributed by atoms with Gasteiger partial charge in [0.1, 0.15) is 11.6 Å². The third-order valence-corrected chi connectivity index (χ3v) is 5.10. The minimum Gasteiger partial charge on any atom is -0.491 e. The molecule has 1 aromatic heterocycles. The molecule has 8 heteroatoms. The van der Waals surface area contributed by atoms with Crippen LogP contribution in [0, 0.1) is 24.0 Å². The molecule has 3 aromatic rings. The molecular weight excluding hydrogens is 376 g/mol. The summed E-state index contributed by atoms with van der Waals surface area (Å²) in [5.41, 5.74) is 2.93. The van der Waals surface area contributed by atoms with Crippen molar-refractivity contribution in [3.05, 3.63) is 69.5 Å². The van der Waals surface area contributed by atoms with E-state index in [0.29, 0.717) is 11.5 Å². The number of nitro groups is 1. The maximum Gasteiger partial charge on any atom is 0.270 e. The van der Waals surface area contributed by atoms with Crippen LogP contribution in [0.3, 0.4) is 0 Å². The fourth-order valence-electron chi connectivity index (χ4n) is 2.83. The van der Waals surface area contributed by atoms with Crippen LogP contribution in [0.1, 0.15) is 30.8 Å². The number of thioether (sulfide) groups is 1. The van der Waals surface area contributed by atoms with Gasteiger partial charge in [0, 0.05) is 23.4 Å². The number of non-ortho nitro benzene ring substituents is 1. The molecule has 0 unspecified atom stereocenters. The predicted molar refractivity (Wildman–Crippen MR) is 109 cm³/mol. The number of para-hydroxylation sites is 1. The highest BCUT2D eigenvalue weighted by molar-refractivity contribution is 7.98. The number of ether oxygens (including phenoxy) is 1. The second-order valence-corrected chi connectivity index (χ2v) is 7.60. The van der Waals surface area contributed by atoms with Crippen molar-refractivity contribution in [2.24, 2.45) is 0 Å². The number of hydrogen-bond donors (Lipinski definition) is 0. The molecule has 0 saturated carbocycles. The molecular formula is C20H22N4O3S. The van der Waals surface area contributed by atoms with Gasteiger partial charge in [-0.3, -0.25) is 14.7 Å². The minimum absolute atomic E-state index is 0.0249. The molecule has 3 rings (SSSR count). The van der Waals surface area contributed by atoms with Crippen LogP contribution in [0.15, 0.2) is 47.6 Å². The van der Waals surface area contributed by atoms with Gasteiger partial charge in [0.25, 0.3) is 5.69 Å². The molecule has 146 valence electrons. The van der Waals surface area contributed by atoms with E-state index in [1.54, 1.807) is 12.1 Å². The fraction of sp³-hybridized carbons (Fsp3) is 0.300. The number of aryl methyl sites for hydroxylation is 2. The lowest BCUT2D eigenvalue weighted by atomic mass is 10.2. The van der Waals surface area contributed by atoms with Gasteiger partial charge in [0.2, 0.25) is 0 Å². The molecule has 0 spiro atoms. The van der Waals surface area contributed by atoms with Gasteiger partial charge in [0.15, 0.2) is 5.16 Å². The Hall–Kier alpha value is -2.87. The van der Waals surface area contributed by atoms with Crippen LogP contribution in [0.2, 0.25) is 0 Å². The first kappa shape index (κ1) is 19.9. The summed E-state index contributed by atoms with van der Waals surface area (Å²) in [7, 11) is 0. The number of hydrogen-bond acceptors (Lipinski definition) is 6. The third-order valence-electron chi connectivity index (χ3n) is 4.13. The van der Waals surface area contributed by atoms with Gasteiger partial charge < -0.3 is 4.74 Å². The van der Waals surface area contributed by atoms with Crippen molar-refractivity contribution in [1.29, 1.82) is 0 Å². The molecule has 0 aliphatic rings. The zero-order chi connectivity index (χ0) is 20.3. The molecule has 0 bridgehead atoms. The Morgan fingerprint density at radius 2 is 1.93 bits per heavy atom. The predicted octanol–water partition coefficient (Wildman–Crippen LogP) is 4.87. The van der Waals surface area contributed by atoms with Crippen molar-refractivity contribution in [2.75, 3.05) is 0 Å². The minimum atomic E-state index is -0.396. The summed E-state index contributed by atoms with van der Waals surface area (Å²) in [4.78, 5) is 10.8. The van der Waals surface area contributed by atoms with Crippen LogP contribution >= 0.6 is 11.8 Å². The summed E-state index contributed by atoms with van der Waals surface area (Å²) >= 11 is 1.47. The summed E-state index contributed by atoms with van der Waals surface area (Å²) in [5, 5.41) is 20.4. The van der Waals surface area contributed by atoms with E-state index < -0.39 is 4.92 Å². The lowest BCUT2D eigenvalue weighted by molar-refractivity contribution is -0.384. The van der Waals surface area contributed by atoms with Gasteiger partial charge >= 0.3 is 0 Å². The summed E-state index contributed by atoms with van der Waals surface area (Å²) < 4.78 is 7.83. The van der Waals surface area contributed by atoms with E-state index in [1.807, 2.05) is 56.5 Å². The van der Waals surface area contributed by atoms with Crippen LogP contribution < -0.4 is 4.74 Å². The molecule has 0 radical (unpaired) electrons. The number of benzene rings is 2. The van der Waals surface area contributed by atoms with E-state index >= 15 is 0 Å². The highest BCUT2D eigenvalue weighted by atomic mass is 32.2. The van der Waals surface area contributed by atoms with E-state index in [9.17, 15) is 10.1 Å². The van der Waals surface area contributed by atoms with E-state index in [2.05, 4.69) is 10.2 Å². The van der Waals surface area contributed by atoms with Crippen molar-refractivity contribution in [1.82, 2.24) is 14.8 Å². The summed E-state index contributed by atoms with van der Waals surface area (Å²) in [6, 6.07) is 12.7. The molecule has 0 aliphatic carbocycles. The average Bonchev–Trinajstić information content (AvgIpc) is 3.01. The fourth-order valence-corrected chi connectivity index (χ4v) is 3.80. The number of aromatic nitrogens is 3. The van der Waals surface area contributed by atoms with Crippen molar-refractivity contribution >= 4 is 17.4 Å². The Labute approximate surface area is 167 Å². The Morgan fingerprint density at radius 1 is 1.18 bits per heavy atom. The molecule has 0 aliphatic heterocycles. The highest BCUT2D eigenvalue weighted by Gasteiger charge is 2.17. The standard InChI is InChI=1S/C20H22N4O3S/c1-13(2)27-19-10-9-17(24(25)26)11-16(19)12-28-20-22-21-15(4)23(20)18-8-6-5-7-14(18)3/h5-11,13H,12H2,1-4H3. The average molecular weight is 398 g/mol. The SMILES string of the molecule is Cc1ccccc1-n1c(C)nnc1SCc1cc([N+](=O)[O-])ccc1OC(C)C. The maximum absolute atomic E-state index is 11.2. The topological polar surface area (TPSA) is 83.1 Å². The number of rotatable bonds is 7. The molecule has 0 fully saturated rings. The Morgan fingerprint density at radius 3 is 2.61 bits per heavy atom. The van der Waals surface area contributed by atoms with E-state index in [4.69, 9.17) is 4.74 Å². The number of nitrogens with zero attached hydrogens (tertiary/aromatic N) is 4. The summed E-state index contributed by atoms with van der Waals surface area (Å²) in [6.45, 7) is 7.80. The van der Waals surface area contributed by atoms with Gasteiger partial charge in [-0.1, -0.05) is 30.0 Å². The van der Waals surface area contributed by atoms with E-state index in [-0.39, 0.29) is 11.8 Å². The first-order valence-electron chi connectivity index (χ1n) is 8.91. The molecule has 7 nitrogen and oxygen atoms in total. The molecule has 0 N–H and O–H groups in total. The lowest BCUT2D eigenvalue weighted by Crippen LogP contribution is -2.08. The number of nitro benzene ring substituents is 1. The van der Waals surface area contributed by atoms with E-state index in [0.717, 1.165) is 27.8 Å². The maximum atomic E-state index is 11.2. The summed E-state index contributed by atoms with van der Waals surface area (Å²) in [5.74, 6) is 1.91. The lowest BCUT2D eigenvalue weighted by Gasteiger charge is -2.14. The van der Waals surface area contributed by atoms with Crippen molar-refractivity contribution in [3.8, 4) is 11.4 Å². The Kier molecular flexibility index (Phi) is 5.99. The van der Waals surface area contributed by atoms with Gasteiger partial charge in [-0.2, -0.15) is 0 Å². The van der Waals surface area contributed by atoms with Crippen LogP contribution in [0.4, 0.5) is 5.69 Å². The van der Waals surface area contributed by atoms with Gasteiger partial charge in [-0.25, -0.2) is 0 Å². The first-order valence-corrected chi connectivity index (χ1v) is 9.90. The van der Waals surface area contributed by atoms with Crippen LogP contribution in [-0.4, -0.2) is 25.8 Å². The van der Waals surface area contributed by atoms with Crippen molar-refractivity contribution < 1.29 is 9.66 Å². The Bertz CT molecular complexity index is 1000.